The Morgan fingerprint density at radius 2 is 1.67 bits per heavy atom. The van der Waals surface area contributed by atoms with Crippen LogP contribution in [0.15, 0.2) is 12.1 Å². The van der Waals surface area contributed by atoms with Gasteiger partial charge in [0, 0.05) is 6.42 Å². The van der Waals surface area contributed by atoms with Gasteiger partial charge in [-0.1, -0.05) is 0 Å². The number of methoxy groups -OCH3 is 3. The first-order valence-corrected chi connectivity index (χ1v) is 5.23. The number of carbonyl (C=O) groups is 1. The lowest BCUT2D eigenvalue weighted by atomic mass is 10.1. The maximum atomic E-state index is 10.6. The molecule has 0 aliphatic heterocycles. The van der Waals surface area contributed by atoms with Crippen LogP contribution in [0.1, 0.15) is 5.56 Å². The van der Waals surface area contributed by atoms with Crippen LogP contribution in [-0.4, -0.2) is 43.6 Å². The molecule has 0 radical (unpaired) electrons. The number of aliphatic carboxylic acids is 1. The second kappa shape index (κ2) is 6.11. The summed E-state index contributed by atoms with van der Waals surface area (Å²) in [5, 5.41) is 18.0. The number of aliphatic hydroxyl groups is 1. The summed E-state index contributed by atoms with van der Waals surface area (Å²) in [4.78, 5) is 10.6. The van der Waals surface area contributed by atoms with Crippen LogP contribution in [0.4, 0.5) is 0 Å². The summed E-state index contributed by atoms with van der Waals surface area (Å²) < 4.78 is 15.4. The van der Waals surface area contributed by atoms with E-state index in [2.05, 4.69) is 0 Å². The van der Waals surface area contributed by atoms with Gasteiger partial charge in [0.25, 0.3) is 0 Å². The van der Waals surface area contributed by atoms with Gasteiger partial charge in [-0.25, -0.2) is 4.79 Å². The molecule has 18 heavy (non-hydrogen) atoms. The molecule has 0 bridgehead atoms. The lowest BCUT2D eigenvalue weighted by Crippen LogP contribution is -2.22. The first-order valence-electron chi connectivity index (χ1n) is 5.23. The smallest absolute Gasteiger partial charge is 0.332 e. The van der Waals surface area contributed by atoms with Crippen LogP contribution in [0.25, 0.3) is 0 Å². The van der Waals surface area contributed by atoms with Crippen molar-refractivity contribution in [2.24, 2.45) is 0 Å². The van der Waals surface area contributed by atoms with E-state index < -0.39 is 12.1 Å². The van der Waals surface area contributed by atoms with Gasteiger partial charge >= 0.3 is 5.97 Å². The molecule has 1 atom stereocenters. The van der Waals surface area contributed by atoms with E-state index >= 15 is 0 Å². The normalized spacial score (nSPS) is 11.8. The molecule has 1 aromatic rings. The molecule has 1 aromatic carbocycles. The molecule has 2 N–H and O–H groups in total. The van der Waals surface area contributed by atoms with Crippen molar-refractivity contribution in [3.8, 4) is 17.2 Å². The van der Waals surface area contributed by atoms with Gasteiger partial charge in [0.05, 0.1) is 21.3 Å². The molecule has 6 nitrogen and oxygen atoms in total. The molecule has 0 heterocycles. The SMILES string of the molecule is COc1cc(CC(O)C(=O)O)cc(OC)c1OC. The second-order valence-corrected chi connectivity index (χ2v) is 3.59. The van der Waals surface area contributed by atoms with Gasteiger partial charge in [-0.15, -0.1) is 0 Å². The highest BCUT2D eigenvalue weighted by atomic mass is 16.5. The molecule has 0 spiro atoms. The van der Waals surface area contributed by atoms with E-state index in [0.717, 1.165) is 0 Å². The van der Waals surface area contributed by atoms with Crippen molar-refractivity contribution >= 4 is 5.97 Å². The van der Waals surface area contributed by atoms with Crippen LogP contribution >= 0.6 is 0 Å². The topological polar surface area (TPSA) is 85.2 Å². The molecule has 0 aromatic heterocycles. The van der Waals surface area contributed by atoms with Crippen molar-refractivity contribution in [2.45, 2.75) is 12.5 Å². The predicted octanol–water partition coefficient (Wildman–Crippen LogP) is 0.700. The Morgan fingerprint density at radius 3 is 2.00 bits per heavy atom. The van der Waals surface area contributed by atoms with E-state index in [0.29, 0.717) is 22.8 Å². The quantitative estimate of drug-likeness (QED) is 0.779. The molecule has 1 rings (SSSR count). The van der Waals surface area contributed by atoms with Crippen molar-refractivity contribution in [3.05, 3.63) is 17.7 Å². The minimum Gasteiger partial charge on any atom is -0.493 e. The van der Waals surface area contributed by atoms with E-state index in [1.807, 2.05) is 0 Å². The monoisotopic (exact) mass is 256 g/mol. The van der Waals surface area contributed by atoms with Crippen molar-refractivity contribution in [2.75, 3.05) is 21.3 Å². The summed E-state index contributed by atoms with van der Waals surface area (Å²) in [5.41, 5.74) is 0.583. The van der Waals surface area contributed by atoms with Crippen molar-refractivity contribution < 1.29 is 29.2 Å². The Morgan fingerprint density at radius 1 is 1.17 bits per heavy atom. The van der Waals surface area contributed by atoms with Crippen LogP contribution < -0.4 is 14.2 Å². The van der Waals surface area contributed by atoms with Gasteiger partial charge in [-0.05, 0) is 17.7 Å². The zero-order chi connectivity index (χ0) is 13.7. The first kappa shape index (κ1) is 14.1. The van der Waals surface area contributed by atoms with Gasteiger partial charge in [0.1, 0.15) is 0 Å². The van der Waals surface area contributed by atoms with Crippen molar-refractivity contribution in [3.63, 3.8) is 0 Å². The number of benzene rings is 1. The Labute approximate surface area is 105 Å². The summed E-state index contributed by atoms with van der Waals surface area (Å²) in [7, 11) is 4.41. The highest BCUT2D eigenvalue weighted by Crippen LogP contribution is 2.38. The molecule has 0 saturated heterocycles. The molecule has 100 valence electrons. The van der Waals surface area contributed by atoms with Gasteiger partial charge in [-0.2, -0.15) is 0 Å². The number of hydrogen-bond donors (Lipinski definition) is 2. The third kappa shape index (κ3) is 3.04. The number of aliphatic hydroxyl groups excluding tert-OH is 1. The molecule has 0 aliphatic carbocycles. The highest BCUT2D eigenvalue weighted by Gasteiger charge is 2.18. The molecular weight excluding hydrogens is 240 g/mol. The average molecular weight is 256 g/mol. The standard InChI is InChI=1S/C12H16O6/c1-16-9-5-7(4-8(13)12(14)15)6-10(17-2)11(9)18-3/h5-6,8,13H,4H2,1-3H3,(H,14,15). The van der Waals surface area contributed by atoms with Crippen LogP contribution in [0.5, 0.6) is 17.2 Å². The fourth-order valence-corrected chi connectivity index (χ4v) is 1.56. The Bertz CT molecular complexity index is 404. The summed E-state index contributed by atoms with van der Waals surface area (Å²) in [6, 6.07) is 3.21. The fraction of sp³-hybridized carbons (Fsp3) is 0.417. The summed E-state index contributed by atoms with van der Waals surface area (Å²) >= 11 is 0. The largest absolute Gasteiger partial charge is 0.493 e. The number of hydrogen-bond acceptors (Lipinski definition) is 5. The lowest BCUT2D eigenvalue weighted by Gasteiger charge is -2.14. The molecule has 0 fully saturated rings. The minimum absolute atomic E-state index is 0.0357. The number of rotatable bonds is 6. The maximum Gasteiger partial charge on any atom is 0.332 e. The highest BCUT2D eigenvalue weighted by molar-refractivity contribution is 5.72. The molecule has 0 saturated carbocycles. The van der Waals surface area contributed by atoms with Crippen LogP contribution in [0.2, 0.25) is 0 Å². The van der Waals surface area contributed by atoms with E-state index in [4.69, 9.17) is 19.3 Å². The maximum absolute atomic E-state index is 10.6. The van der Waals surface area contributed by atoms with E-state index in [1.54, 1.807) is 12.1 Å². The minimum atomic E-state index is -1.46. The zero-order valence-corrected chi connectivity index (χ0v) is 10.5. The molecular formula is C12H16O6. The Balaban J connectivity index is 3.11. The first-order chi connectivity index (χ1) is 8.53. The lowest BCUT2D eigenvalue weighted by molar-refractivity contribution is -0.146. The Kier molecular flexibility index (Phi) is 4.79. The average Bonchev–Trinajstić information content (AvgIpc) is 2.37. The number of carboxylic acid groups (broad SMARTS) is 1. The zero-order valence-electron chi connectivity index (χ0n) is 10.5. The summed E-state index contributed by atoms with van der Waals surface area (Å²) in [6.45, 7) is 0. The number of carboxylic acids is 1. The van der Waals surface area contributed by atoms with Gasteiger partial charge in [-0.3, -0.25) is 0 Å². The van der Waals surface area contributed by atoms with E-state index in [1.165, 1.54) is 21.3 Å². The van der Waals surface area contributed by atoms with Crippen molar-refractivity contribution in [1.29, 1.82) is 0 Å². The fourth-order valence-electron chi connectivity index (χ4n) is 1.56. The molecule has 0 amide bonds. The summed E-state index contributed by atoms with van der Waals surface area (Å²) in [6.07, 6.45) is -1.50. The van der Waals surface area contributed by atoms with E-state index in [-0.39, 0.29) is 6.42 Å². The Hall–Kier alpha value is -1.95. The van der Waals surface area contributed by atoms with Crippen molar-refractivity contribution in [1.82, 2.24) is 0 Å². The second-order valence-electron chi connectivity index (χ2n) is 3.59. The van der Waals surface area contributed by atoms with Crippen LogP contribution in [0, 0.1) is 0 Å². The third-order valence-electron chi connectivity index (χ3n) is 2.44. The summed E-state index contributed by atoms with van der Waals surface area (Å²) in [5.74, 6) is -0.00815. The molecule has 1 unspecified atom stereocenters. The number of ether oxygens (including phenoxy) is 3. The third-order valence-corrected chi connectivity index (χ3v) is 2.44. The van der Waals surface area contributed by atoms with Crippen LogP contribution in [-0.2, 0) is 11.2 Å². The predicted molar refractivity (Wildman–Crippen MR) is 63.4 cm³/mol. The van der Waals surface area contributed by atoms with Gasteiger partial charge in [0.2, 0.25) is 5.75 Å². The van der Waals surface area contributed by atoms with Gasteiger partial charge in [0.15, 0.2) is 17.6 Å². The molecule has 0 aliphatic rings. The van der Waals surface area contributed by atoms with E-state index in [9.17, 15) is 9.90 Å². The molecule has 6 heteroatoms. The van der Waals surface area contributed by atoms with Gasteiger partial charge < -0.3 is 24.4 Å². The van der Waals surface area contributed by atoms with Crippen LogP contribution in [0.3, 0.4) is 0 Å².